The first-order valence-electron chi connectivity index (χ1n) is 28.0. The number of phosphoric acid groups is 1. The van der Waals surface area contributed by atoms with Gasteiger partial charge in [-0.25, -0.2) is 0 Å². The van der Waals surface area contributed by atoms with Crippen LogP contribution in [0.2, 0.25) is 0 Å². The molecule has 1 amide bonds. The molecule has 10 heteroatoms. The summed E-state index contributed by atoms with van der Waals surface area (Å²) < 4.78 is 30.2. The highest BCUT2D eigenvalue weighted by molar-refractivity contribution is 7.45. The largest absolute Gasteiger partial charge is 0.756 e. The number of allylic oxidation sites excluding steroid dienone is 13. The smallest absolute Gasteiger partial charge is 0.306 e. The lowest BCUT2D eigenvalue weighted by atomic mass is 10.0. The number of hydrogen-bond donors (Lipinski definition) is 1. The van der Waals surface area contributed by atoms with Crippen molar-refractivity contribution in [1.82, 2.24) is 5.32 Å². The third-order valence-electron chi connectivity index (χ3n) is 12.0. The van der Waals surface area contributed by atoms with Gasteiger partial charge in [0.05, 0.1) is 33.8 Å². The van der Waals surface area contributed by atoms with Crippen LogP contribution >= 0.6 is 7.82 Å². The van der Waals surface area contributed by atoms with Crippen molar-refractivity contribution in [3.63, 3.8) is 0 Å². The molecule has 1 N–H and O–H groups in total. The van der Waals surface area contributed by atoms with Gasteiger partial charge in [0, 0.05) is 12.8 Å². The first kappa shape index (κ1) is 66.2. The summed E-state index contributed by atoms with van der Waals surface area (Å²) in [5.74, 6) is -0.594. The second-order valence-corrected chi connectivity index (χ2v) is 21.3. The van der Waals surface area contributed by atoms with Gasteiger partial charge >= 0.3 is 5.97 Å². The molecule has 0 bridgehead atoms. The number of esters is 1. The minimum Gasteiger partial charge on any atom is -0.756 e. The molecule has 0 aromatic carbocycles. The van der Waals surface area contributed by atoms with Crippen molar-refractivity contribution in [2.75, 3.05) is 40.9 Å². The number of likely N-dealkylation sites (N-methyl/N-ethyl adjacent to an activating group) is 1. The Morgan fingerprint density at radius 3 is 1.41 bits per heavy atom. The SMILES string of the molecule is CC\C=C/C=C/C=C/C=C\C=C\C=C\CCCCCC(=O)NC(COP(=O)([O-])OCC[N+](C)(C)C)C(/C=C/CCCCCCCCCCC)OC(=O)CCCCCCCCCCCCCCCCC. The van der Waals surface area contributed by atoms with Gasteiger partial charge in [0.2, 0.25) is 5.91 Å². The van der Waals surface area contributed by atoms with Crippen LogP contribution in [0, 0.1) is 0 Å². The molecule has 0 heterocycles. The number of amides is 1. The quantitative estimate of drug-likeness (QED) is 0.0161. The fourth-order valence-corrected chi connectivity index (χ4v) is 8.39. The van der Waals surface area contributed by atoms with Gasteiger partial charge in [-0.15, -0.1) is 0 Å². The Hall–Kier alpha value is -2.81. The Labute approximate surface area is 425 Å². The normalized spacial score (nSPS) is 14.5. The number of phosphoric ester groups is 1. The van der Waals surface area contributed by atoms with E-state index >= 15 is 0 Å². The average molecular weight is 985 g/mol. The van der Waals surface area contributed by atoms with Crippen LogP contribution in [-0.4, -0.2) is 69.4 Å². The molecule has 0 spiro atoms. The van der Waals surface area contributed by atoms with Crippen molar-refractivity contribution >= 4 is 19.7 Å². The summed E-state index contributed by atoms with van der Waals surface area (Å²) in [5, 5.41) is 2.99. The van der Waals surface area contributed by atoms with E-state index in [1.54, 1.807) is 0 Å². The first-order valence-corrected chi connectivity index (χ1v) is 29.4. The van der Waals surface area contributed by atoms with Crippen LogP contribution in [0.5, 0.6) is 0 Å². The third kappa shape index (κ3) is 49.9. The summed E-state index contributed by atoms with van der Waals surface area (Å²) in [6, 6.07) is -0.912. The molecule has 0 aromatic heterocycles. The maximum atomic E-state index is 13.4. The number of unbranched alkanes of at least 4 members (excludes halogenated alkanes) is 26. The third-order valence-corrected chi connectivity index (χ3v) is 13.0. The molecule has 0 fully saturated rings. The highest BCUT2D eigenvalue weighted by Crippen LogP contribution is 2.38. The molecule has 398 valence electrons. The van der Waals surface area contributed by atoms with Gasteiger partial charge in [-0.1, -0.05) is 247 Å². The molecule has 3 unspecified atom stereocenters. The van der Waals surface area contributed by atoms with Crippen LogP contribution < -0.4 is 10.2 Å². The number of carbonyl (C=O) groups is 2. The van der Waals surface area contributed by atoms with E-state index in [0.717, 1.165) is 64.2 Å². The fraction of sp³-hybridized carbons (Fsp3) is 0.729. The van der Waals surface area contributed by atoms with Crippen molar-refractivity contribution < 1.29 is 37.3 Å². The zero-order chi connectivity index (χ0) is 50.8. The predicted octanol–water partition coefficient (Wildman–Crippen LogP) is 16.0. The van der Waals surface area contributed by atoms with Crippen molar-refractivity contribution in [2.45, 2.75) is 238 Å². The van der Waals surface area contributed by atoms with E-state index in [9.17, 15) is 19.0 Å². The molecule has 0 aliphatic heterocycles. The highest BCUT2D eigenvalue weighted by atomic mass is 31.2. The van der Waals surface area contributed by atoms with E-state index in [0.29, 0.717) is 17.4 Å². The Kier molecular flexibility index (Phi) is 46.8. The molecular formula is C59H105N2O7P. The predicted molar refractivity (Wildman–Crippen MR) is 293 cm³/mol. The Morgan fingerprint density at radius 2 is 0.928 bits per heavy atom. The molecule has 0 rings (SSSR count). The number of rotatable bonds is 49. The molecule has 0 aliphatic rings. The fourth-order valence-electron chi connectivity index (χ4n) is 7.67. The van der Waals surface area contributed by atoms with Gasteiger partial charge in [0.1, 0.15) is 19.3 Å². The maximum Gasteiger partial charge on any atom is 0.306 e. The Bertz CT molecular complexity index is 1460. The summed E-state index contributed by atoms with van der Waals surface area (Å²) in [5.41, 5.74) is 0. The topological polar surface area (TPSA) is 114 Å². The Balaban J connectivity index is 5.43. The van der Waals surface area contributed by atoms with E-state index < -0.39 is 26.6 Å². The molecule has 3 atom stereocenters. The molecule has 0 radical (unpaired) electrons. The maximum absolute atomic E-state index is 13.4. The molecule has 9 nitrogen and oxygen atoms in total. The lowest BCUT2D eigenvalue weighted by Gasteiger charge is -2.30. The first-order chi connectivity index (χ1) is 33.4. The van der Waals surface area contributed by atoms with Crippen LogP contribution in [0.1, 0.15) is 226 Å². The van der Waals surface area contributed by atoms with Gasteiger partial charge in [-0.05, 0) is 51.0 Å². The second kappa shape index (κ2) is 48.8. The van der Waals surface area contributed by atoms with Crippen molar-refractivity contribution in [3.8, 4) is 0 Å². The minimum atomic E-state index is -4.71. The monoisotopic (exact) mass is 985 g/mol. The van der Waals surface area contributed by atoms with Gasteiger partial charge < -0.3 is 28.5 Å². The van der Waals surface area contributed by atoms with Crippen LogP contribution in [0.3, 0.4) is 0 Å². The summed E-state index contributed by atoms with van der Waals surface area (Å²) in [7, 11) is 1.14. The molecule has 0 aromatic rings. The minimum absolute atomic E-state index is 0.0344. The van der Waals surface area contributed by atoms with Crippen molar-refractivity contribution in [1.29, 1.82) is 0 Å². The van der Waals surface area contributed by atoms with Crippen LogP contribution in [0.4, 0.5) is 0 Å². The van der Waals surface area contributed by atoms with Crippen molar-refractivity contribution in [3.05, 3.63) is 85.1 Å². The number of nitrogens with one attached hydrogen (secondary N) is 1. The summed E-state index contributed by atoms with van der Waals surface area (Å²) in [4.78, 5) is 39.8. The van der Waals surface area contributed by atoms with Gasteiger partial charge in [-0.2, -0.15) is 0 Å². The van der Waals surface area contributed by atoms with Gasteiger partial charge in [-0.3, -0.25) is 14.2 Å². The number of carbonyl (C=O) groups excluding carboxylic acids is 2. The lowest BCUT2D eigenvalue weighted by Crippen LogP contribution is -2.47. The second-order valence-electron chi connectivity index (χ2n) is 19.9. The number of hydrogen-bond acceptors (Lipinski definition) is 7. The van der Waals surface area contributed by atoms with Crippen molar-refractivity contribution in [2.24, 2.45) is 0 Å². The molecule has 0 saturated heterocycles. The summed E-state index contributed by atoms with van der Waals surface area (Å²) in [6.45, 7) is 6.64. The number of quaternary nitrogens is 1. The molecule has 69 heavy (non-hydrogen) atoms. The van der Waals surface area contributed by atoms with E-state index in [1.165, 1.54) is 122 Å². The molecule has 0 aliphatic carbocycles. The standard InChI is InChI=1S/C59H105N2O7P/c1-7-10-13-16-19-22-25-27-29-30-32-33-36-39-42-45-48-51-58(62)60-56(55-67-69(64,65)66-54-53-61(4,5)6)57(50-47-44-41-38-35-24-21-18-15-12-9-3)68-59(63)52-49-46-43-40-37-34-31-28-26-23-20-17-14-11-8-2/h10,13,16,19,22,25,27,29-30,32-33,36,47,50,56-57H,7-9,11-12,14-15,17-18,20-21,23-24,26,28,31,34-35,37-46,48-49,51-55H2,1-6H3,(H-,60,62,64,65)/b13-10-,19-16+,25-22+,29-27-,32-30+,36-33+,50-47+. The summed E-state index contributed by atoms with van der Waals surface area (Å²) >= 11 is 0. The van der Waals surface area contributed by atoms with Crippen LogP contribution in [0.15, 0.2) is 85.1 Å². The molecular weight excluding hydrogens is 880 g/mol. The summed E-state index contributed by atoms with van der Waals surface area (Å²) in [6.07, 6.45) is 62.6. The van der Waals surface area contributed by atoms with E-state index in [-0.39, 0.29) is 31.3 Å². The van der Waals surface area contributed by atoms with Gasteiger partial charge in [0.25, 0.3) is 7.82 Å². The number of nitrogens with zero attached hydrogens (tertiary/aromatic N) is 1. The van der Waals surface area contributed by atoms with E-state index in [2.05, 4.69) is 38.2 Å². The molecule has 0 saturated carbocycles. The zero-order valence-corrected chi connectivity index (χ0v) is 46.1. The number of ether oxygens (including phenoxy) is 1. The lowest BCUT2D eigenvalue weighted by molar-refractivity contribution is -0.870. The van der Waals surface area contributed by atoms with E-state index in [1.807, 2.05) is 94.1 Å². The van der Waals surface area contributed by atoms with E-state index in [4.69, 9.17) is 13.8 Å². The highest BCUT2D eigenvalue weighted by Gasteiger charge is 2.27. The average Bonchev–Trinajstić information content (AvgIpc) is 3.31. The zero-order valence-electron chi connectivity index (χ0n) is 45.2. The van der Waals surface area contributed by atoms with Crippen LogP contribution in [-0.2, 0) is 27.9 Å². The Morgan fingerprint density at radius 1 is 0.522 bits per heavy atom. The van der Waals surface area contributed by atoms with Crippen LogP contribution in [0.25, 0.3) is 0 Å². The van der Waals surface area contributed by atoms with Gasteiger partial charge in [0.15, 0.2) is 0 Å².